The lowest BCUT2D eigenvalue weighted by Crippen LogP contribution is -2.42. The largest absolute Gasteiger partial charge is 0.316 e. The predicted molar refractivity (Wildman–Crippen MR) is 64.7 cm³/mol. The van der Waals surface area contributed by atoms with Gasteiger partial charge in [0.25, 0.3) is 0 Å². The molecule has 16 heavy (non-hydrogen) atoms. The standard InChI is InChI=1S/C11H22N2O2S/c1-4-11-10-6-12-5-9(10)7-13(11)16(14,15)8(2)3/h8-12H,4-7H2,1-3H3. The van der Waals surface area contributed by atoms with Crippen LogP contribution in [0.25, 0.3) is 0 Å². The van der Waals surface area contributed by atoms with Crippen LogP contribution in [0.4, 0.5) is 0 Å². The molecular weight excluding hydrogens is 224 g/mol. The first kappa shape index (κ1) is 12.3. The maximum atomic E-state index is 12.2. The normalized spacial score (nSPS) is 35.9. The molecule has 2 aliphatic heterocycles. The molecule has 3 atom stereocenters. The van der Waals surface area contributed by atoms with Crippen molar-refractivity contribution < 1.29 is 8.42 Å². The van der Waals surface area contributed by atoms with Gasteiger partial charge in [0, 0.05) is 12.6 Å². The predicted octanol–water partition coefficient (Wildman–Crippen LogP) is 0.654. The van der Waals surface area contributed by atoms with Gasteiger partial charge in [0.05, 0.1) is 5.25 Å². The van der Waals surface area contributed by atoms with Crippen molar-refractivity contribution in [1.82, 2.24) is 9.62 Å². The first-order chi connectivity index (χ1) is 7.48. The van der Waals surface area contributed by atoms with E-state index in [9.17, 15) is 8.42 Å². The fourth-order valence-electron chi connectivity index (χ4n) is 3.05. The number of nitrogens with one attached hydrogen (secondary N) is 1. The molecule has 0 bridgehead atoms. The van der Waals surface area contributed by atoms with Crippen molar-refractivity contribution in [3.8, 4) is 0 Å². The van der Waals surface area contributed by atoms with Crippen LogP contribution in [0.2, 0.25) is 0 Å². The van der Waals surface area contributed by atoms with Crippen LogP contribution in [0.15, 0.2) is 0 Å². The Morgan fingerprint density at radius 3 is 2.62 bits per heavy atom. The molecule has 0 amide bonds. The summed E-state index contributed by atoms with van der Waals surface area (Å²) in [7, 11) is -3.07. The summed E-state index contributed by atoms with van der Waals surface area (Å²) in [6.45, 7) is 8.31. The average Bonchev–Trinajstić information content (AvgIpc) is 2.75. The Hall–Kier alpha value is -0.130. The molecule has 0 aromatic heterocycles. The minimum Gasteiger partial charge on any atom is -0.316 e. The summed E-state index contributed by atoms with van der Waals surface area (Å²) >= 11 is 0. The van der Waals surface area contributed by atoms with E-state index in [4.69, 9.17) is 0 Å². The van der Waals surface area contributed by atoms with E-state index in [-0.39, 0.29) is 11.3 Å². The Balaban J connectivity index is 2.24. The second kappa shape index (κ2) is 4.27. The Labute approximate surface area is 98.4 Å². The topological polar surface area (TPSA) is 49.4 Å². The number of fused-ring (bicyclic) bond motifs is 1. The van der Waals surface area contributed by atoms with Gasteiger partial charge in [-0.15, -0.1) is 0 Å². The summed E-state index contributed by atoms with van der Waals surface area (Å²) in [5.74, 6) is 1.05. The van der Waals surface area contributed by atoms with Crippen LogP contribution < -0.4 is 5.32 Å². The van der Waals surface area contributed by atoms with Gasteiger partial charge in [0.15, 0.2) is 0 Å². The zero-order valence-corrected chi connectivity index (χ0v) is 11.1. The molecule has 0 radical (unpaired) electrons. The third-order valence-electron chi connectivity index (χ3n) is 4.01. The van der Waals surface area contributed by atoms with Crippen LogP contribution in [0, 0.1) is 11.8 Å². The van der Waals surface area contributed by atoms with Crippen molar-refractivity contribution in [3.05, 3.63) is 0 Å². The average molecular weight is 246 g/mol. The molecule has 0 aromatic carbocycles. The number of nitrogens with zero attached hydrogens (tertiary/aromatic N) is 1. The Morgan fingerprint density at radius 1 is 1.38 bits per heavy atom. The van der Waals surface area contributed by atoms with Crippen LogP contribution in [0.3, 0.4) is 0 Å². The van der Waals surface area contributed by atoms with Crippen molar-refractivity contribution in [1.29, 1.82) is 0 Å². The summed E-state index contributed by atoms with van der Waals surface area (Å²) in [4.78, 5) is 0. The third kappa shape index (κ3) is 1.79. The molecule has 2 heterocycles. The molecule has 0 saturated carbocycles. The quantitative estimate of drug-likeness (QED) is 0.795. The number of rotatable bonds is 3. The van der Waals surface area contributed by atoms with Crippen LogP contribution in [0.1, 0.15) is 27.2 Å². The van der Waals surface area contributed by atoms with Gasteiger partial charge in [-0.25, -0.2) is 8.42 Å². The molecule has 3 unspecified atom stereocenters. The highest BCUT2D eigenvalue weighted by Crippen LogP contribution is 2.36. The lowest BCUT2D eigenvalue weighted by molar-refractivity contribution is 0.326. The van der Waals surface area contributed by atoms with E-state index in [1.165, 1.54) is 0 Å². The van der Waals surface area contributed by atoms with Gasteiger partial charge in [-0.3, -0.25) is 0 Å². The molecule has 2 aliphatic rings. The van der Waals surface area contributed by atoms with Crippen LogP contribution in [0.5, 0.6) is 0 Å². The summed E-state index contributed by atoms with van der Waals surface area (Å²) < 4.78 is 26.2. The molecular formula is C11H22N2O2S. The van der Waals surface area contributed by atoms with Gasteiger partial charge in [0.2, 0.25) is 10.0 Å². The minimum absolute atomic E-state index is 0.215. The van der Waals surface area contributed by atoms with Crippen LogP contribution in [-0.4, -0.2) is 43.6 Å². The molecule has 2 rings (SSSR count). The molecule has 0 aliphatic carbocycles. The van der Waals surface area contributed by atoms with Crippen molar-refractivity contribution >= 4 is 10.0 Å². The highest BCUT2D eigenvalue weighted by atomic mass is 32.2. The molecule has 5 heteroatoms. The lowest BCUT2D eigenvalue weighted by Gasteiger charge is -2.27. The monoisotopic (exact) mass is 246 g/mol. The summed E-state index contributed by atoms with van der Waals surface area (Å²) in [5.41, 5.74) is 0. The van der Waals surface area contributed by atoms with Crippen molar-refractivity contribution in [2.75, 3.05) is 19.6 Å². The maximum absolute atomic E-state index is 12.2. The van der Waals surface area contributed by atoms with Gasteiger partial charge in [-0.1, -0.05) is 6.92 Å². The van der Waals surface area contributed by atoms with E-state index < -0.39 is 10.0 Å². The van der Waals surface area contributed by atoms with E-state index >= 15 is 0 Å². The van der Waals surface area contributed by atoms with Crippen molar-refractivity contribution in [2.24, 2.45) is 11.8 Å². The Morgan fingerprint density at radius 2 is 2.06 bits per heavy atom. The Kier molecular flexibility index (Phi) is 3.29. The number of hydrogen-bond acceptors (Lipinski definition) is 3. The second-order valence-electron chi connectivity index (χ2n) is 5.22. The van der Waals surface area contributed by atoms with Gasteiger partial charge in [-0.05, 0) is 45.2 Å². The number of sulfonamides is 1. The van der Waals surface area contributed by atoms with E-state index in [2.05, 4.69) is 12.2 Å². The molecule has 4 nitrogen and oxygen atoms in total. The van der Waals surface area contributed by atoms with Crippen molar-refractivity contribution in [2.45, 2.75) is 38.5 Å². The van der Waals surface area contributed by atoms with Gasteiger partial charge in [-0.2, -0.15) is 4.31 Å². The molecule has 94 valence electrons. The maximum Gasteiger partial charge on any atom is 0.216 e. The SMILES string of the molecule is CCC1C2CNCC2CN1S(=O)(=O)C(C)C. The third-order valence-corrected chi connectivity index (χ3v) is 6.28. The van der Waals surface area contributed by atoms with E-state index in [1.807, 2.05) is 0 Å². The summed E-state index contributed by atoms with van der Waals surface area (Å²) in [6.07, 6.45) is 0.925. The van der Waals surface area contributed by atoms with Gasteiger partial charge in [0.1, 0.15) is 0 Å². The minimum atomic E-state index is -3.07. The molecule has 0 aromatic rings. The zero-order chi connectivity index (χ0) is 11.9. The smallest absolute Gasteiger partial charge is 0.216 e. The summed E-state index contributed by atoms with van der Waals surface area (Å²) in [5, 5.41) is 3.07. The molecule has 1 N–H and O–H groups in total. The van der Waals surface area contributed by atoms with Crippen molar-refractivity contribution in [3.63, 3.8) is 0 Å². The Bertz CT molecular complexity index is 353. The highest BCUT2D eigenvalue weighted by molar-refractivity contribution is 7.89. The van der Waals surface area contributed by atoms with E-state index in [0.717, 1.165) is 26.1 Å². The first-order valence-corrected chi connectivity index (χ1v) is 7.70. The van der Waals surface area contributed by atoms with Crippen LogP contribution >= 0.6 is 0 Å². The molecule has 2 saturated heterocycles. The van der Waals surface area contributed by atoms with E-state index in [0.29, 0.717) is 11.8 Å². The molecule has 0 spiro atoms. The zero-order valence-electron chi connectivity index (χ0n) is 10.3. The van der Waals surface area contributed by atoms with Crippen LogP contribution in [-0.2, 0) is 10.0 Å². The fourth-order valence-corrected chi connectivity index (χ4v) is 4.68. The molecule has 2 fully saturated rings. The lowest BCUT2D eigenvalue weighted by atomic mass is 9.93. The first-order valence-electron chi connectivity index (χ1n) is 6.19. The summed E-state index contributed by atoms with van der Waals surface area (Å²) in [6, 6.07) is 0.215. The second-order valence-corrected chi connectivity index (χ2v) is 7.66. The number of hydrogen-bond donors (Lipinski definition) is 1. The van der Waals surface area contributed by atoms with Gasteiger partial charge < -0.3 is 5.32 Å². The highest BCUT2D eigenvalue weighted by Gasteiger charge is 2.48. The van der Waals surface area contributed by atoms with E-state index in [1.54, 1.807) is 18.2 Å². The van der Waals surface area contributed by atoms with Gasteiger partial charge >= 0.3 is 0 Å². The fraction of sp³-hybridized carbons (Fsp3) is 1.00.